The van der Waals surface area contributed by atoms with E-state index in [4.69, 9.17) is 0 Å². The van der Waals surface area contributed by atoms with E-state index in [1.54, 1.807) is 6.20 Å². The van der Waals surface area contributed by atoms with Crippen LogP contribution < -0.4 is 4.90 Å². The van der Waals surface area contributed by atoms with Crippen LogP contribution in [0.4, 0.5) is 5.69 Å². The SMILES string of the molecule is Cc1ncc(C2=CCC3C(=C2)N(c2cnc(C)c(C)c2)C(=O)C3(C)C)cn1. The molecule has 0 N–H and O–H groups in total. The van der Waals surface area contributed by atoms with Crippen molar-refractivity contribution in [3.05, 3.63) is 65.2 Å². The number of aryl methyl sites for hydroxylation is 3. The molecule has 2 aromatic heterocycles. The zero-order valence-electron chi connectivity index (χ0n) is 16.4. The fraction of sp³-hybridized carbons (Fsp3) is 0.364. The molecule has 0 radical (unpaired) electrons. The van der Waals surface area contributed by atoms with Gasteiger partial charge in [0.05, 0.1) is 17.3 Å². The molecule has 1 fully saturated rings. The zero-order valence-corrected chi connectivity index (χ0v) is 16.4. The number of carbonyl (C=O) groups excluding carboxylic acids is 1. The summed E-state index contributed by atoms with van der Waals surface area (Å²) in [5.74, 6) is 1.03. The molecule has 1 aliphatic carbocycles. The average Bonchev–Trinajstić information content (AvgIpc) is 2.84. The van der Waals surface area contributed by atoms with Gasteiger partial charge < -0.3 is 0 Å². The maximum absolute atomic E-state index is 13.3. The van der Waals surface area contributed by atoms with Crippen LogP contribution in [0.5, 0.6) is 0 Å². The largest absolute Gasteiger partial charge is 0.282 e. The predicted octanol–water partition coefficient (Wildman–Crippen LogP) is 4.16. The number of carbonyl (C=O) groups is 1. The zero-order chi connectivity index (χ0) is 19.3. The fourth-order valence-electron chi connectivity index (χ4n) is 3.88. The molecule has 1 atom stereocenters. The minimum absolute atomic E-state index is 0.124. The van der Waals surface area contributed by atoms with Crippen molar-refractivity contribution in [2.75, 3.05) is 4.90 Å². The summed E-state index contributed by atoms with van der Waals surface area (Å²) in [7, 11) is 0. The third kappa shape index (κ3) is 2.78. The van der Waals surface area contributed by atoms with Crippen molar-refractivity contribution in [2.45, 2.75) is 41.0 Å². The van der Waals surface area contributed by atoms with E-state index in [0.29, 0.717) is 0 Å². The van der Waals surface area contributed by atoms with Crippen LogP contribution in [0.1, 0.15) is 42.9 Å². The highest BCUT2D eigenvalue weighted by Crippen LogP contribution is 2.50. The first-order chi connectivity index (χ1) is 12.8. The summed E-state index contributed by atoms with van der Waals surface area (Å²) in [5.41, 5.74) is 5.53. The minimum Gasteiger partial charge on any atom is -0.282 e. The lowest BCUT2D eigenvalue weighted by molar-refractivity contribution is -0.125. The second-order valence-corrected chi connectivity index (χ2v) is 7.99. The van der Waals surface area contributed by atoms with Crippen LogP contribution in [0.2, 0.25) is 0 Å². The van der Waals surface area contributed by atoms with Gasteiger partial charge in [-0.25, -0.2) is 9.97 Å². The van der Waals surface area contributed by atoms with E-state index in [-0.39, 0.29) is 11.8 Å². The van der Waals surface area contributed by atoms with Gasteiger partial charge in [-0.05, 0) is 50.5 Å². The number of anilines is 1. The van der Waals surface area contributed by atoms with E-state index in [1.807, 2.05) is 58.0 Å². The van der Waals surface area contributed by atoms with Crippen molar-refractivity contribution in [3.63, 3.8) is 0 Å². The molecule has 0 spiro atoms. The Kier molecular flexibility index (Phi) is 3.98. The van der Waals surface area contributed by atoms with E-state index in [2.05, 4.69) is 27.1 Å². The second kappa shape index (κ2) is 6.12. The van der Waals surface area contributed by atoms with Crippen LogP contribution in [0.15, 0.2) is 42.5 Å². The summed E-state index contributed by atoms with van der Waals surface area (Å²) in [4.78, 5) is 28.2. The Balaban J connectivity index is 1.81. The van der Waals surface area contributed by atoms with E-state index in [0.717, 1.165) is 46.0 Å². The number of amides is 1. The molecule has 0 aromatic carbocycles. The van der Waals surface area contributed by atoms with Crippen molar-refractivity contribution in [3.8, 4) is 0 Å². The Morgan fingerprint density at radius 1 is 1.07 bits per heavy atom. The number of hydrogen-bond acceptors (Lipinski definition) is 4. The van der Waals surface area contributed by atoms with Crippen molar-refractivity contribution in [1.82, 2.24) is 15.0 Å². The normalized spacial score (nSPS) is 21.0. The Labute approximate surface area is 159 Å². The summed E-state index contributed by atoms with van der Waals surface area (Å²) in [5, 5.41) is 0. The van der Waals surface area contributed by atoms with Crippen LogP contribution in [0.25, 0.3) is 5.57 Å². The van der Waals surface area contributed by atoms with Gasteiger partial charge in [0, 0.05) is 35.3 Å². The smallest absolute Gasteiger partial charge is 0.237 e. The predicted molar refractivity (Wildman–Crippen MR) is 106 cm³/mol. The maximum Gasteiger partial charge on any atom is 0.237 e. The monoisotopic (exact) mass is 360 g/mol. The summed E-state index contributed by atoms with van der Waals surface area (Å²) in [6.07, 6.45) is 10.6. The first-order valence-electron chi connectivity index (χ1n) is 9.27. The van der Waals surface area contributed by atoms with Crippen molar-refractivity contribution < 1.29 is 4.79 Å². The number of rotatable bonds is 2. The average molecular weight is 360 g/mol. The van der Waals surface area contributed by atoms with E-state index < -0.39 is 5.41 Å². The molecule has 5 nitrogen and oxygen atoms in total. The van der Waals surface area contributed by atoms with Gasteiger partial charge in [0.1, 0.15) is 5.82 Å². The number of allylic oxidation sites excluding steroid dienone is 4. The van der Waals surface area contributed by atoms with Crippen LogP contribution in [-0.2, 0) is 4.79 Å². The highest BCUT2D eigenvalue weighted by atomic mass is 16.2. The second-order valence-electron chi connectivity index (χ2n) is 7.99. The number of hydrogen-bond donors (Lipinski definition) is 0. The quantitative estimate of drug-likeness (QED) is 0.807. The summed E-state index contributed by atoms with van der Waals surface area (Å²) < 4.78 is 0. The van der Waals surface area contributed by atoms with Crippen LogP contribution >= 0.6 is 0 Å². The highest BCUT2D eigenvalue weighted by molar-refractivity contribution is 6.05. The van der Waals surface area contributed by atoms with Gasteiger partial charge in [-0.3, -0.25) is 14.7 Å². The van der Waals surface area contributed by atoms with Gasteiger partial charge in [0.2, 0.25) is 5.91 Å². The van der Waals surface area contributed by atoms with E-state index >= 15 is 0 Å². The first kappa shape index (κ1) is 17.6. The molecule has 27 heavy (non-hydrogen) atoms. The third-order valence-electron chi connectivity index (χ3n) is 5.82. The topological polar surface area (TPSA) is 59.0 Å². The van der Waals surface area contributed by atoms with Gasteiger partial charge >= 0.3 is 0 Å². The number of nitrogens with zero attached hydrogens (tertiary/aromatic N) is 4. The molecule has 2 aromatic rings. The molecule has 1 unspecified atom stereocenters. The Bertz CT molecular complexity index is 986. The molecule has 2 aliphatic rings. The molecule has 3 heterocycles. The molecular formula is C22H24N4O. The molecule has 1 amide bonds. The lowest BCUT2D eigenvalue weighted by atomic mass is 9.75. The number of pyridine rings is 1. The van der Waals surface area contributed by atoms with Crippen molar-refractivity contribution >= 4 is 17.2 Å². The van der Waals surface area contributed by atoms with Gasteiger partial charge in [0.25, 0.3) is 0 Å². The van der Waals surface area contributed by atoms with Crippen LogP contribution in [-0.4, -0.2) is 20.9 Å². The van der Waals surface area contributed by atoms with Gasteiger partial charge in [-0.2, -0.15) is 0 Å². The Morgan fingerprint density at radius 2 is 1.78 bits per heavy atom. The molecule has 0 bridgehead atoms. The molecule has 1 aliphatic heterocycles. The molecule has 5 heteroatoms. The first-order valence-corrected chi connectivity index (χ1v) is 9.27. The fourth-order valence-corrected chi connectivity index (χ4v) is 3.88. The number of fused-ring (bicyclic) bond motifs is 1. The Morgan fingerprint density at radius 3 is 2.44 bits per heavy atom. The lowest BCUT2D eigenvalue weighted by Crippen LogP contribution is -2.31. The maximum atomic E-state index is 13.3. The molecule has 0 saturated carbocycles. The van der Waals surface area contributed by atoms with Crippen LogP contribution in [0, 0.1) is 32.1 Å². The van der Waals surface area contributed by atoms with Gasteiger partial charge in [-0.1, -0.05) is 19.9 Å². The molecule has 4 rings (SSSR count). The van der Waals surface area contributed by atoms with Crippen molar-refractivity contribution in [2.24, 2.45) is 11.3 Å². The molecule has 1 saturated heterocycles. The number of aromatic nitrogens is 3. The van der Waals surface area contributed by atoms with Crippen molar-refractivity contribution in [1.29, 1.82) is 0 Å². The van der Waals surface area contributed by atoms with E-state index in [1.165, 1.54) is 0 Å². The summed E-state index contributed by atoms with van der Waals surface area (Å²) in [6, 6.07) is 2.05. The standard InChI is InChI=1S/C22H24N4O/c1-13-8-18(12-23-14(13)2)26-20-9-16(17-10-24-15(3)25-11-17)6-7-19(20)22(4,5)21(26)27/h6,8-12,19H,7H2,1-5H3. The highest BCUT2D eigenvalue weighted by Gasteiger charge is 2.51. The summed E-state index contributed by atoms with van der Waals surface area (Å²) in [6.45, 7) is 9.96. The van der Waals surface area contributed by atoms with E-state index in [9.17, 15) is 4.79 Å². The van der Waals surface area contributed by atoms with Gasteiger partial charge in [0.15, 0.2) is 0 Å². The lowest BCUT2D eigenvalue weighted by Gasteiger charge is -2.26. The minimum atomic E-state index is -0.448. The summed E-state index contributed by atoms with van der Waals surface area (Å²) >= 11 is 0. The molecule has 138 valence electrons. The van der Waals surface area contributed by atoms with Gasteiger partial charge in [-0.15, -0.1) is 0 Å². The van der Waals surface area contributed by atoms with Crippen LogP contribution in [0.3, 0.4) is 0 Å². The third-order valence-corrected chi connectivity index (χ3v) is 5.82. The molecular weight excluding hydrogens is 336 g/mol. The Hall–Kier alpha value is -2.82.